The van der Waals surface area contributed by atoms with Gasteiger partial charge in [0.2, 0.25) is 5.91 Å². The summed E-state index contributed by atoms with van der Waals surface area (Å²) in [6.45, 7) is 0.101. The highest BCUT2D eigenvalue weighted by Crippen LogP contribution is 2.35. The number of aliphatic carboxylic acids is 2. The summed E-state index contributed by atoms with van der Waals surface area (Å²) in [6.07, 6.45) is -0.924. The lowest BCUT2D eigenvalue weighted by Gasteiger charge is -2.43. The summed E-state index contributed by atoms with van der Waals surface area (Å²) < 4.78 is 0. The summed E-state index contributed by atoms with van der Waals surface area (Å²) in [4.78, 5) is 79.0. The van der Waals surface area contributed by atoms with Gasteiger partial charge in [-0.15, -0.1) is 0 Å². The van der Waals surface area contributed by atoms with Crippen LogP contribution in [-0.2, 0) is 24.0 Å². The Morgan fingerprint density at radius 1 is 1.05 bits per heavy atom. The fraction of sp³-hybridized carbons (Fsp3) is 0.208. The minimum absolute atomic E-state index is 0.124. The molecule has 3 rings (SSSR count). The molecule has 0 saturated carbocycles. The van der Waals surface area contributed by atoms with Crippen LogP contribution in [0.4, 0.5) is 16.2 Å². The molecule has 0 bridgehead atoms. The fourth-order valence-corrected chi connectivity index (χ4v) is 4.09. The summed E-state index contributed by atoms with van der Waals surface area (Å²) >= 11 is 0. The van der Waals surface area contributed by atoms with Crippen LogP contribution in [0.15, 0.2) is 54.6 Å². The molecule has 0 spiro atoms. The number of rotatable bonds is 10. The molecular formula is C24H24N6O8. The van der Waals surface area contributed by atoms with Crippen molar-refractivity contribution in [2.45, 2.75) is 25.0 Å². The SMILES string of the molecule is CC(=O)[C@](C(=O)O)(N1C(=O)CN(c2ccc(C(=N)N)cc2)C1=O)N(C(=O)[C@@H](N)CC(=O)O)c1ccccc1. The number of para-hydroxylation sites is 1. The first-order valence-electron chi connectivity index (χ1n) is 11.0. The number of imide groups is 1. The Morgan fingerprint density at radius 2 is 1.63 bits per heavy atom. The lowest BCUT2D eigenvalue weighted by atomic mass is 9.97. The van der Waals surface area contributed by atoms with E-state index in [1.54, 1.807) is 0 Å². The van der Waals surface area contributed by atoms with E-state index in [2.05, 4.69) is 0 Å². The molecule has 1 saturated heterocycles. The van der Waals surface area contributed by atoms with E-state index in [4.69, 9.17) is 22.0 Å². The topological polar surface area (TPSA) is 228 Å². The lowest BCUT2D eigenvalue weighted by Crippen LogP contribution is -2.74. The predicted octanol–water partition coefficient (Wildman–Crippen LogP) is -0.0556. The Morgan fingerprint density at radius 3 is 2.11 bits per heavy atom. The number of amides is 4. The number of Topliss-reactive ketones (excluding diaryl/α,β-unsaturated/α-hetero) is 1. The van der Waals surface area contributed by atoms with E-state index in [-0.39, 0.29) is 22.1 Å². The van der Waals surface area contributed by atoms with Crippen molar-refractivity contribution in [3.63, 3.8) is 0 Å². The second-order valence-electron chi connectivity index (χ2n) is 8.31. The van der Waals surface area contributed by atoms with Crippen LogP contribution in [0.1, 0.15) is 18.9 Å². The number of hydrogen-bond donors (Lipinski definition) is 5. The minimum atomic E-state index is -3.24. The van der Waals surface area contributed by atoms with Crippen molar-refractivity contribution in [1.29, 1.82) is 5.41 Å². The molecule has 4 amide bonds. The van der Waals surface area contributed by atoms with E-state index in [9.17, 15) is 33.9 Å². The van der Waals surface area contributed by atoms with Crippen LogP contribution >= 0.6 is 0 Å². The van der Waals surface area contributed by atoms with E-state index in [1.807, 2.05) is 0 Å². The molecule has 2 aromatic rings. The average Bonchev–Trinajstić information content (AvgIpc) is 3.15. The Hall–Kier alpha value is -5.11. The number of carbonyl (C=O) groups excluding carboxylic acids is 4. The highest BCUT2D eigenvalue weighted by Gasteiger charge is 2.64. The van der Waals surface area contributed by atoms with Crippen LogP contribution in [0.5, 0.6) is 0 Å². The molecule has 2 atom stereocenters. The number of ketones is 1. The van der Waals surface area contributed by atoms with Crippen molar-refractivity contribution in [2.75, 3.05) is 16.3 Å². The van der Waals surface area contributed by atoms with Gasteiger partial charge in [0.05, 0.1) is 12.5 Å². The zero-order valence-electron chi connectivity index (χ0n) is 20.0. The Labute approximate surface area is 215 Å². The Balaban J connectivity index is 2.22. The van der Waals surface area contributed by atoms with Gasteiger partial charge in [-0.3, -0.25) is 34.4 Å². The Bertz CT molecular complexity index is 1310. The number of nitrogen functional groups attached to an aromatic ring is 1. The van der Waals surface area contributed by atoms with Gasteiger partial charge in [-0.1, -0.05) is 18.2 Å². The summed E-state index contributed by atoms with van der Waals surface area (Å²) in [6, 6.07) is 9.30. The molecule has 14 nitrogen and oxygen atoms in total. The van der Waals surface area contributed by atoms with Gasteiger partial charge in [-0.05, 0) is 43.3 Å². The first-order valence-corrected chi connectivity index (χ1v) is 11.0. The third kappa shape index (κ3) is 4.67. The van der Waals surface area contributed by atoms with E-state index in [0.29, 0.717) is 10.5 Å². The molecule has 38 heavy (non-hydrogen) atoms. The predicted molar refractivity (Wildman–Crippen MR) is 132 cm³/mol. The van der Waals surface area contributed by atoms with Crippen LogP contribution in [0, 0.1) is 5.41 Å². The number of carbonyl (C=O) groups is 6. The maximum absolute atomic E-state index is 13.6. The smallest absolute Gasteiger partial charge is 0.360 e. The average molecular weight is 524 g/mol. The highest BCUT2D eigenvalue weighted by atomic mass is 16.4. The van der Waals surface area contributed by atoms with Gasteiger partial charge < -0.3 is 21.7 Å². The molecule has 7 N–H and O–H groups in total. The van der Waals surface area contributed by atoms with Crippen LogP contribution in [0.25, 0.3) is 0 Å². The normalized spacial score (nSPS) is 15.5. The molecule has 1 aliphatic heterocycles. The first kappa shape index (κ1) is 27.5. The van der Waals surface area contributed by atoms with Crippen molar-refractivity contribution in [3.05, 3.63) is 60.2 Å². The molecule has 0 radical (unpaired) electrons. The van der Waals surface area contributed by atoms with Crippen LogP contribution in [-0.4, -0.2) is 74.8 Å². The number of urea groups is 1. The molecule has 1 fully saturated rings. The maximum atomic E-state index is 13.6. The third-order valence-corrected chi connectivity index (χ3v) is 5.84. The van der Waals surface area contributed by atoms with Gasteiger partial charge in [-0.25, -0.2) is 14.5 Å². The molecular weight excluding hydrogens is 500 g/mol. The highest BCUT2D eigenvalue weighted by molar-refractivity contribution is 6.25. The van der Waals surface area contributed by atoms with Crippen LogP contribution < -0.4 is 21.3 Å². The molecule has 14 heteroatoms. The van der Waals surface area contributed by atoms with Gasteiger partial charge in [0, 0.05) is 16.9 Å². The summed E-state index contributed by atoms with van der Waals surface area (Å²) in [5.74, 6) is -7.50. The number of nitrogens with two attached hydrogens (primary N) is 2. The van der Waals surface area contributed by atoms with Crippen molar-refractivity contribution < 1.29 is 39.0 Å². The fourth-order valence-electron chi connectivity index (χ4n) is 4.09. The number of nitrogens with one attached hydrogen (secondary N) is 1. The lowest BCUT2D eigenvalue weighted by molar-refractivity contribution is -0.161. The molecule has 1 aliphatic rings. The summed E-state index contributed by atoms with van der Waals surface area (Å²) in [5.41, 5.74) is 8.20. The third-order valence-electron chi connectivity index (χ3n) is 5.84. The van der Waals surface area contributed by atoms with Crippen LogP contribution in [0.3, 0.4) is 0 Å². The standard InChI is InChI=1S/C24H24N6O8/c1-13(31)24(22(36)37,29(16-5-3-2-4-6-16)21(35)17(25)11-19(33)34)30-18(32)12-28(23(30)38)15-9-7-14(8-10-15)20(26)27/h2-10,17H,11-12,25H2,1H3,(H3,26,27)(H,33,34)(H,36,37)/t17-,24+/m0/s1. The second-order valence-corrected chi connectivity index (χ2v) is 8.31. The first-order chi connectivity index (χ1) is 17.8. The van der Waals surface area contributed by atoms with E-state index >= 15 is 0 Å². The molecule has 2 aromatic carbocycles. The summed E-state index contributed by atoms with van der Waals surface area (Å²) in [7, 11) is 0. The number of carboxylic acids is 2. The maximum Gasteiger partial charge on any atom is 0.360 e. The molecule has 1 heterocycles. The minimum Gasteiger partial charge on any atom is -0.481 e. The quantitative estimate of drug-likeness (QED) is 0.120. The number of benzene rings is 2. The molecule has 0 aliphatic carbocycles. The van der Waals surface area contributed by atoms with Crippen LogP contribution in [0.2, 0.25) is 0 Å². The van der Waals surface area contributed by atoms with Gasteiger partial charge in [0.25, 0.3) is 11.6 Å². The van der Waals surface area contributed by atoms with Crippen molar-refractivity contribution in [2.24, 2.45) is 11.5 Å². The molecule has 0 unspecified atom stereocenters. The molecule has 0 aromatic heterocycles. The van der Waals surface area contributed by atoms with Gasteiger partial charge in [0.15, 0.2) is 5.78 Å². The number of carboxylic acid groups (broad SMARTS) is 2. The zero-order chi connectivity index (χ0) is 28.4. The Kier molecular flexibility index (Phi) is 7.58. The molecule has 198 valence electrons. The number of nitrogens with zero attached hydrogens (tertiary/aromatic N) is 3. The van der Waals surface area contributed by atoms with E-state index < -0.39 is 60.2 Å². The monoisotopic (exact) mass is 524 g/mol. The number of anilines is 2. The zero-order valence-corrected chi connectivity index (χ0v) is 20.0. The second kappa shape index (κ2) is 10.5. The number of hydrogen-bond acceptors (Lipinski definition) is 8. The van der Waals surface area contributed by atoms with Gasteiger partial charge in [-0.2, -0.15) is 0 Å². The number of amidine groups is 1. The van der Waals surface area contributed by atoms with Gasteiger partial charge in [0.1, 0.15) is 12.4 Å². The van der Waals surface area contributed by atoms with E-state index in [0.717, 1.165) is 11.8 Å². The van der Waals surface area contributed by atoms with Gasteiger partial charge >= 0.3 is 18.0 Å². The largest absolute Gasteiger partial charge is 0.481 e. The van der Waals surface area contributed by atoms with Crippen molar-refractivity contribution in [3.8, 4) is 0 Å². The van der Waals surface area contributed by atoms with Crippen molar-refractivity contribution in [1.82, 2.24) is 4.90 Å². The van der Waals surface area contributed by atoms with Crippen molar-refractivity contribution >= 4 is 52.8 Å². The van der Waals surface area contributed by atoms with E-state index in [1.165, 1.54) is 54.6 Å². The summed E-state index contributed by atoms with van der Waals surface area (Å²) in [5, 5.41) is 27.0.